The van der Waals surface area contributed by atoms with Crippen molar-refractivity contribution < 1.29 is 85.2 Å². The summed E-state index contributed by atoms with van der Waals surface area (Å²) in [5.41, 5.74) is 13.0. The number of ether oxygens (including phenoxy) is 4. The summed E-state index contributed by atoms with van der Waals surface area (Å²) >= 11 is 0. The van der Waals surface area contributed by atoms with Crippen LogP contribution in [-0.4, -0.2) is 185 Å². The fourth-order valence-electron chi connectivity index (χ4n) is 11.6. The normalized spacial score (nSPS) is 14.1. The number of nitrogens with zero attached hydrogens (tertiary/aromatic N) is 9. The highest BCUT2D eigenvalue weighted by Gasteiger charge is 2.25. The van der Waals surface area contributed by atoms with Crippen molar-refractivity contribution in [3.8, 4) is 11.5 Å². The van der Waals surface area contributed by atoms with Crippen molar-refractivity contribution in [1.29, 1.82) is 0 Å². The Morgan fingerprint density at radius 1 is 0.568 bits per heavy atom. The van der Waals surface area contributed by atoms with E-state index in [2.05, 4.69) is 121 Å². The van der Waals surface area contributed by atoms with E-state index in [1.807, 2.05) is 128 Å². The Kier molecular flexibility index (Phi) is 73.1. The van der Waals surface area contributed by atoms with Gasteiger partial charge in [-0.25, -0.2) is 10.4 Å². The summed E-state index contributed by atoms with van der Waals surface area (Å²) in [5.74, 6) is 6.35. The van der Waals surface area contributed by atoms with Gasteiger partial charge < -0.3 is 64.7 Å². The third kappa shape index (κ3) is 69.3. The van der Waals surface area contributed by atoms with Crippen LogP contribution in [0.5, 0.6) is 11.5 Å². The molecule has 3 saturated heterocycles. The number of nitrogens with two attached hydrogens (primary N) is 1. The van der Waals surface area contributed by atoms with Gasteiger partial charge in [-0.2, -0.15) is 20.5 Å². The first-order valence-electron chi connectivity index (χ1n) is 47.8. The Labute approximate surface area is 826 Å². The summed E-state index contributed by atoms with van der Waals surface area (Å²) in [6.07, 6.45) is 31.4. The Hall–Kier alpha value is -12.2. The number of hydrogen-bond donors (Lipinski definition) is 8. The second-order valence-corrected chi connectivity index (χ2v) is 34.8. The Bertz CT molecular complexity index is 4650. The number of Topliss-reactive ketones (excluding diaryl/α,β-unsaturated/α-hetero) is 6. The number of nitrogens with one attached hydrogen (secondary N) is 7. The molecule has 8 aromatic rings. The molecule has 12 heterocycles. The lowest BCUT2D eigenvalue weighted by molar-refractivity contribution is -0.130. The maximum Gasteiger partial charge on any atom is 0.249 e. The van der Waals surface area contributed by atoms with E-state index in [0.717, 1.165) is 92.5 Å². The average Bonchev–Trinajstić information content (AvgIpc) is 1.72. The number of fused-ring (bicyclic) bond motifs is 1. The van der Waals surface area contributed by atoms with Crippen LogP contribution in [0.2, 0.25) is 0 Å². The fraction of sp³-hybridized carbons (Fsp3) is 0.577. The number of furan rings is 1. The number of aromatic nitrogens is 9. The van der Waals surface area contributed by atoms with Crippen LogP contribution >= 0.6 is 0 Å². The molecule has 1 unspecified atom stereocenters. The fourth-order valence-corrected chi connectivity index (χ4v) is 11.6. The smallest absolute Gasteiger partial charge is 0.249 e. The Balaban J connectivity index is -0.00000143. The van der Waals surface area contributed by atoms with Crippen molar-refractivity contribution >= 4 is 75.6 Å². The van der Waals surface area contributed by atoms with E-state index in [1.54, 1.807) is 75.0 Å². The Morgan fingerprint density at radius 2 is 1.15 bits per heavy atom. The number of ketones is 6. The zero-order chi connectivity index (χ0) is 105. The van der Waals surface area contributed by atoms with Crippen LogP contribution < -0.4 is 47.2 Å². The molecule has 1 aromatic carbocycles. The molecule has 7 aromatic heterocycles. The zero-order valence-electron chi connectivity index (χ0n) is 87.4. The molecule has 5 aliphatic heterocycles. The first kappa shape index (κ1) is 131. The number of piperidine rings is 1. The van der Waals surface area contributed by atoms with Crippen LogP contribution in [0.1, 0.15) is 364 Å². The highest BCUT2D eigenvalue weighted by atomic mass is 16.7. The van der Waals surface area contributed by atoms with E-state index in [-0.39, 0.29) is 107 Å². The number of aryl methyl sites for hydroxylation is 4. The summed E-state index contributed by atoms with van der Waals surface area (Å²) in [6, 6.07) is 20.3. The van der Waals surface area contributed by atoms with E-state index in [9.17, 15) is 52.7 Å². The highest BCUT2D eigenvalue weighted by molar-refractivity contribution is 6.39. The molecule has 139 heavy (non-hydrogen) atoms. The molecule has 5 amide bonds. The molecule has 6 aliphatic rings. The van der Waals surface area contributed by atoms with E-state index in [0.29, 0.717) is 71.1 Å². The number of benzene rings is 1. The molecular weight excluding hydrogens is 1780 g/mol. The van der Waals surface area contributed by atoms with Gasteiger partial charge in [0, 0.05) is 176 Å². The van der Waals surface area contributed by atoms with Gasteiger partial charge in [0.25, 0.3) is 0 Å². The van der Waals surface area contributed by atoms with Gasteiger partial charge >= 0.3 is 0 Å². The van der Waals surface area contributed by atoms with Gasteiger partial charge in [0.15, 0.2) is 46.2 Å². The molecule has 0 bridgehead atoms. The minimum atomic E-state index is -0.241. The predicted octanol–water partition coefficient (Wildman–Crippen LogP) is 18.9. The lowest BCUT2D eigenvalue weighted by atomic mass is 9.95. The summed E-state index contributed by atoms with van der Waals surface area (Å²) < 4.78 is 35.1. The van der Waals surface area contributed by atoms with Crippen molar-refractivity contribution in [3.05, 3.63) is 173 Å². The third-order valence-electron chi connectivity index (χ3n) is 19.1. The van der Waals surface area contributed by atoms with E-state index >= 15 is 0 Å². The predicted molar refractivity (Wildman–Crippen MR) is 546 cm³/mol. The average molecular weight is 1940 g/mol. The van der Waals surface area contributed by atoms with Crippen molar-refractivity contribution in [2.45, 2.75) is 333 Å². The third-order valence-corrected chi connectivity index (χ3v) is 19.1. The van der Waals surface area contributed by atoms with Gasteiger partial charge in [-0.1, -0.05) is 119 Å². The van der Waals surface area contributed by atoms with Gasteiger partial charge in [-0.05, 0) is 213 Å². The molecule has 35 heteroatoms. The zero-order valence-corrected chi connectivity index (χ0v) is 87.4. The quantitative estimate of drug-likeness (QED) is 0.0268. The highest BCUT2D eigenvalue weighted by Crippen LogP contribution is 2.33. The lowest BCUT2D eigenvalue weighted by Gasteiger charge is -2.22. The van der Waals surface area contributed by atoms with Gasteiger partial charge in [0.1, 0.15) is 51.9 Å². The number of pyridine rings is 2. The summed E-state index contributed by atoms with van der Waals surface area (Å²) in [5, 5.41) is 34.3. The van der Waals surface area contributed by atoms with Crippen LogP contribution in [0, 0.1) is 31.6 Å². The van der Waals surface area contributed by atoms with Crippen LogP contribution in [-0.2, 0) is 51.1 Å². The number of nitrogen functional groups attached to an aromatic ring is 1. The standard InChI is InChI=1S/C13H25NO.C8H16N2O2.C8H11NO2.C8H15NO2.C8H9NO.C7H7NO2.C7H9N.C6H8N2O2.C6H6N2O.C6H7NO2.C6H13N.C6H12O.C6H8O.C4H5N3O.2C2H6.CH4/c1-13(2,3)14-12(15)10-11-8-6-4-5-7-9-11;1-6(11)9-5-7(12)10-8(2,3)4;1-5(2)8-4-7(6(3)10)9-11-8;1-6(2)9-8(10)7-4-3-5-11-7;1-6-8(7(2)10)4-3-5-9-6;8-5-1-2-6-7(3-5)10-4-9-6;1-2-7-4-3-5-8-6-7;1-4(9)5-2-3-6(10)8-7-5;1-5(9)6-4-7-2-3-8-6;1-4-3-6(5(2)8)7-9-4;2*1-6-2-4-7-5-3-6;1-2-6-4-3-5-7-6;1-3(8)4-2-5-7-6-4;2*1-2;/h11H,4-10H2,1-3H3,(H,14,15);5H2,1-4H3,(H,9,11)(H,10,12);4-5H,1-3H3;6-7H,3-5H2,1-2H3,(H,9,10);3-5H,1-2H3;1-3H,4,8H2;3-6H,2H2,1H3;2-3H2,1H3,(H,8,10);2-4H,1H3;3H,1-2H3;6-7H,2-5H2,1H3;6H,2-5H2,1H3;3-5H,2H2,1H3;2H,1H3,(H,5,6,7);2*1-2H3;1H4. The number of hydrogen-bond acceptors (Lipinski definition) is 29. The molecule has 9 N–H and O–H groups in total. The molecule has 1 atom stereocenters. The molecule has 776 valence electrons. The second-order valence-electron chi connectivity index (χ2n) is 34.8. The SMILES string of the molecule is C.CC.CC.CC(=O)C1=NNC(=O)CC1.CC(=O)NCC(=O)NC(C)(C)C.CC(=O)c1cc(C(C)C)on1.CC(=O)c1cc(C)on1.CC(=O)c1cccnc1C.CC(=O)c1cn[nH]n1.CC(=O)c1cnccn1.CC(C)(C)NC(=O)CC1CCCCCC1.CC(C)NC(=O)C1CCCO1.CC1CCNCC1.CC1CCOCC1.CCc1cccnc1.CCc1ccco1.Nc1ccc2c(c1)OCO2. The number of hydrazone groups is 1. The van der Waals surface area contributed by atoms with Crippen LogP contribution in [0.3, 0.4) is 0 Å². The van der Waals surface area contributed by atoms with Gasteiger partial charge in [-0.15, -0.1) is 0 Å². The first-order chi connectivity index (χ1) is 65.3. The molecule has 4 fully saturated rings. The topological polar surface area (TPSA) is 494 Å². The van der Waals surface area contributed by atoms with Gasteiger partial charge in [0.05, 0.1) is 25.2 Å². The van der Waals surface area contributed by atoms with Gasteiger partial charge in [-0.3, -0.25) is 67.7 Å². The molecule has 1 aliphatic carbocycles. The molecule has 14 rings (SSSR count). The molecule has 0 radical (unpaired) electrons. The lowest BCUT2D eigenvalue weighted by Crippen LogP contribution is -2.45. The summed E-state index contributed by atoms with van der Waals surface area (Å²) in [6.45, 7) is 55.8. The number of carbonyl (C=O) groups is 11. The number of H-pyrrole nitrogens is 1. The maximum atomic E-state index is 11.7. The number of carbonyl (C=O) groups excluding carboxylic acids is 11. The summed E-state index contributed by atoms with van der Waals surface area (Å²) in [7, 11) is 0. The summed E-state index contributed by atoms with van der Waals surface area (Å²) in [4.78, 5) is 134. The van der Waals surface area contributed by atoms with Crippen molar-refractivity contribution in [3.63, 3.8) is 0 Å². The van der Waals surface area contributed by atoms with Crippen molar-refractivity contribution in [2.24, 2.45) is 22.9 Å². The number of anilines is 1. The first-order valence-corrected chi connectivity index (χ1v) is 47.8. The molecule has 35 nitrogen and oxygen atoms in total. The van der Waals surface area contributed by atoms with Crippen LogP contribution in [0.15, 0.2) is 135 Å². The van der Waals surface area contributed by atoms with Crippen LogP contribution in [0.25, 0.3) is 0 Å². The number of rotatable bonds is 15. The maximum absolute atomic E-state index is 11.7. The minimum Gasteiger partial charge on any atom is -0.469 e. The van der Waals surface area contributed by atoms with E-state index < -0.39 is 0 Å². The Morgan fingerprint density at radius 3 is 1.53 bits per heavy atom. The van der Waals surface area contributed by atoms with Crippen molar-refractivity contribution in [1.82, 2.24) is 77.7 Å². The van der Waals surface area contributed by atoms with Crippen molar-refractivity contribution in [2.75, 3.05) is 52.0 Å². The second kappa shape index (κ2) is 77.7. The molecule has 0 spiro atoms. The molecular formula is C104H167N17O18. The van der Waals surface area contributed by atoms with Crippen LogP contribution in [0.4, 0.5) is 5.69 Å². The largest absolute Gasteiger partial charge is 0.469 e. The monoisotopic (exact) mass is 1940 g/mol. The van der Waals surface area contributed by atoms with Gasteiger partial charge in [0.2, 0.25) is 36.3 Å². The van der Waals surface area contributed by atoms with E-state index in [4.69, 9.17) is 33.6 Å². The van der Waals surface area contributed by atoms with E-state index in [1.165, 1.54) is 149 Å². The number of amides is 5. The molecule has 1 saturated carbocycles. The minimum absolute atomic E-state index is 0. The number of aromatic amines is 1.